The fraction of sp³-hybridized carbons (Fsp3) is 0.200. The first-order valence-corrected chi connectivity index (χ1v) is 4.08. The van der Waals surface area contributed by atoms with Crippen LogP contribution in [0.1, 0.15) is 18.1 Å². The van der Waals surface area contributed by atoms with Crippen molar-refractivity contribution in [1.29, 1.82) is 0 Å². The lowest BCUT2D eigenvalue weighted by Gasteiger charge is -2.00. The summed E-state index contributed by atoms with van der Waals surface area (Å²) < 4.78 is 0. The van der Waals surface area contributed by atoms with Crippen LogP contribution < -0.4 is 0 Å². The van der Waals surface area contributed by atoms with Gasteiger partial charge in [-0.3, -0.25) is 10.1 Å². The van der Waals surface area contributed by atoms with Crippen molar-refractivity contribution in [2.24, 2.45) is 0 Å². The molecule has 0 radical (unpaired) electrons. The first-order valence-electron chi connectivity index (χ1n) is 4.08. The van der Waals surface area contributed by atoms with Gasteiger partial charge in [0, 0.05) is 11.6 Å². The van der Waals surface area contributed by atoms with Crippen LogP contribution in [0.25, 0.3) is 6.08 Å². The molecule has 1 aromatic rings. The largest absolute Gasteiger partial charge is 0.273 e. The highest BCUT2D eigenvalue weighted by Gasteiger charge is 2.11. The van der Waals surface area contributed by atoms with Gasteiger partial charge in [-0.25, -0.2) is 0 Å². The summed E-state index contributed by atoms with van der Waals surface area (Å²) in [7, 11) is 0. The molecule has 0 unspecified atom stereocenters. The number of hydrogen-bond donors (Lipinski definition) is 0. The van der Waals surface area contributed by atoms with E-state index in [-0.39, 0.29) is 10.6 Å². The lowest BCUT2D eigenvalue weighted by Crippen LogP contribution is -1.94. The SMILES string of the molecule is C=Cc1ccc(CC)c([N+](=O)[O-])c1. The Hall–Kier alpha value is -1.64. The Morgan fingerprint density at radius 1 is 1.62 bits per heavy atom. The summed E-state index contributed by atoms with van der Waals surface area (Å²) in [5.41, 5.74) is 1.72. The summed E-state index contributed by atoms with van der Waals surface area (Å²) in [6.45, 7) is 5.46. The molecule has 0 aliphatic heterocycles. The Bertz CT molecular complexity index is 345. The van der Waals surface area contributed by atoms with Gasteiger partial charge in [0.15, 0.2) is 0 Å². The van der Waals surface area contributed by atoms with Crippen molar-refractivity contribution in [3.05, 3.63) is 46.0 Å². The second-order valence-corrected chi connectivity index (χ2v) is 2.70. The van der Waals surface area contributed by atoms with Gasteiger partial charge in [0.2, 0.25) is 0 Å². The maximum atomic E-state index is 10.6. The molecule has 1 aromatic carbocycles. The first kappa shape index (κ1) is 9.45. The summed E-state index contributed by atoms with van der Waals surface area (Å²) in [5, 5.41) is 10.6. The number of nitro benzene ring substituents is 1. The molecule has 0 heterocycles. The lowest BCUT2D eigenvalue weighted by molar-refractivity contribution is -0.385. The van der Waals surface area contributed by atoms with Crippen LogP contribution in [0, 0.1) is 10.1 Å². The van der Waals surface area contributed by atoms with Gasteiger partial charge in [0.05, 0.1) is 4.92 Å². The quantitative estimate of drug-likeness (QED) is 0.526. The fourth-order valence-electron chi connectivity index (χ4n) is 1.18. The topological polar surface area (TPSA) is 43.1 Å². The molecule has 0 fully saturated rings. The van der Waals surface area contributed by atoms with Gasteiger partial charge in [0.25, 0.3) is 5.69 Å². The van der Waals surface area contributed by atoms with E-state index in [0.29, 0.717) is 6.42 Å². The molecule has 0 saturated carbocycles. The third-order valence-electron chi connectivity index (χ3n) is 1.92. The Morgan fingerprint density at radius 3 is 2.77 bits per heavy atom. The van der Waals surface area contributed by atoms with E-state index < -0.39 is 0 Å². The Morgan fingerprint density at radius 2 is 2.31 bits per heavy atom. The highest BCUT2D eigenvalue weighted by Crippen LogP contribution is 2.21. The molecular weight excluding hydrogens is 166 g/mol. The molecule has 1 rings (SSSR count). The van der Waals surface area contributed by atoms with Crippen LogP contribution in [0.5, 0.6) is 0 Å². The van der Waals surface area contributed by atoms with Crippen molar-refractivity contribution >= 4 is 11.8 Å². The molecule has 0 aliphatic carbocycles. The predicted molar refractivity (Wildman–Crippen MR) is 52.6 cm³/mol. The van der Waals surface area contributed by atoms with Crippen molar-refractivity contribution in [3.63, 3.8) is 0 Å². The fourth-order valence-corrected chi connectivity index (χ4v) is 1.18. The van der Waals surface area contributed by atoms with Crippen LogP contribution in [-0.4, -0.2) is 4.92 Å². The van der Waals surface area contributed by atoms with E-state index in [4.69, 9.17) is 0 Å². The number of aryl methyl sites for hydroxylation is 1. The number of nitro groups is 1. The van der Waals surface area contributed by atoms with E-state index in [1.807, 2.05) is 13.0 Å². The second-order valence-electron chi connectivity index (χ2n) is 2.70. The normalized spacial score (nSPS) is 9.62. The monoisotopic (exact) mass is 177 g/mol. The molecule has 0 N–H and O–H groups in total. The molecule has 68 valence electrons. The van der Waals surface area contributed by atoms with Crippen molar-refractivity contribution < 1.29 is 4.92 Å². The molecule has 0 saturated heterocycles. The number of rotatable bonds is 3. The predicted octanol–water partition coefficient (Wildman–Crippen LogP) is 2.80. The summed E-state index contributed by atoms with van der Waals surface area (Å²) in [6, 6.07) is 5.15. The van der Waals surface area contributed by atoms with Crippen LogP contribution in [0.3, 0.4) is 0 Å². The van der Waals surface area contributed by atoms with Crippen molar-refractivity contribution in [2.45, 2.75) is 13.3 Å². The highest BCUT2D eigenvalue weighted by molar-refractivity contribution is 5.54. The van der Waals surface area contributed by atoms with E-state index in [1.54, 1.807) is 18.2 Å². The smallest absolute Gasteiger partial charge is 0.258 e. The standard InChI is InChI=1S/C10H11NO2/c1-3-8-5-6-9(4-2)10(7-8)11(12)13/h3,5-7H,1,4H2,2H3. The molecule has 0 spiro atoms. The summed E-state index contributed by atoms with van der Waals surface area (Å²) in [5.74, 6) is 0. The van der Waals surface area contributed by atoms with Gasteiger partial charge in [-0.1, -0.05) is 31.7 Å². The van der Waals surface area contributed by atoms with E-state index in [9.17, 15) is 10.1 Å². The third-order valence-corrected chi connectivity index (χ3v) is 1.92. The van der Waals surface area contributed by atoms with Crippen molar-refractivity contribution in [1.82, 2.24) is 0 Å². The molecule has 3 heteroatoms. The minimum absolute atomic E-state index is 0.180. The van der Waals surface area contributed by atoms with Crippen molar-refractivity contribution in [3.8, 4) is 0 Å². The second kappa shape index (κ2) is 3.85. The molecular formula is C10H11NO2. The lowest BCUT2D eigenvalue weighted by atomic mass is 10.1. The van der Waals surface area contributed by atoms with Gasteiger partial charge in [-0.05, 0) is 12.0 Å². The average Bonchev–Trinajstić information content (AvgIpc) is 2.16. The van der Waals surface area contributed by atoms with E-state index in [0.717, 1.165) is 11.1 Å². The van der Waals surface area contributed by atoms with Gasteiger partial charge >= 0.3 is 0 Å². The van der Waals surface area contributed by atoms with Crippen LogP contribution in [0.15, 0.2) is 24.8 Å². The van der Waals surface area contributed by atoms with E-state index in [1.165, 1.54) is 0 Å². The van der Waals surface area contributed by atoms with Crippen LogP contribution in [-0.2, 0) is 6.42 Å². The van der Waals surface area contributed by atoms with E-state index >= 15 is 0 Å². The molecule has 3 nitrogen and oxygen atoms in total. The van der Waals surface area contributed by atoms with Gasteiger partial charge in [-0.2, -0.15) is 0 Å². The zero-order chi connectivity index (χ0) is 9.84. The molecule has 0 aliphatic rings. The molecule has 0 atom stereocenters. The Balaban J connectivity index is 3.25. The van der Waals surface area contributed by atoms with Gasteiger partial charge < -0.3 is 0 Å². The number of nitrogens with zero attached hydrogens (tertiary/aromatic N) is 1. The van der Waals surface area contributed by atoms with E-state index in [2.05, 4.69) is 6.58 Å². The molecule has 13 heavy (non-hydrogen) atoms. The highest BCUT2D eigenvalue weighted by atomic mass is 16.6. The van der Waals surface area contributed by atoms with Gasteiger partial charge in [-0.15, -0.1) is 0 Å². The maximum absolute atomic E-state index is 10.6. The molecule has 0 aromatic heterocycles. The summed E-state index contributed by atoms with van der Waals surface area (Å²) in [4.78, 5) is 10.3. The molecule has 0 bridgehead atoms. The van der Waals surface area contributed by atoms with Gasteiger partial charge in [0.1, 0.15) is 0 Å². The van der Waals surface area contributed by atoms with Crippen LogP contribution in [0.2, 0.25) is 0 Å². The number of hydrogen-bond acceptors (Lipinski definition) is 2. The van der Waals surface area contributed by atoms with Crippen molar-refractivity contribution in [2.75, 3.05) is 0 Å². The summed E-state index contributed by atoms with van der Waals surface area (Å²) in [6.07, 6.45) is 2.28. The Labute approximate surface area is 76.9 Å². The zero-order valence-electron chi connectivity index (χ0n) is 7.49. The maximum Gasteiger partial charge on any atom is 0.273 e. The number of benzene rings is 1. The third kappa shape index (κ3) is 1.93. The molecule has 0 amide bonds. The minimum Gasteiger partial charge on any atom is -0.258 e. The van der Waals surface area contributed by atoms with Crippen LogP contribution in [0.4, 0.5) is 5.69 Å². The first-order chi connectivity index (χ1) is 6.19. The zero-order valence-corrected chi connectivity index (χ0v) is 7.49. The minimum atomic E-state index is -0.355. The Kier molecular flexibility index (Phi) is 2.80. The average molecular weight is 177 g/mol. The summed E-state index contributed by atoms with van der Waals surface area (Å²) >= 11 is 0. The van der Waals surface area contributed by atoms with Crippen LogP contribution >= 0.6 is 0 Å².